The molecule has 0 saturated heterocycles. The third-order valence-corrected chi connectivity index (χ3v) is 4.88. The second-order valence-corrected chi connectivity index (χ2v) is 7.23. The van der Waals surface area contributed by atoms with Gasteiger partial charge in [-0.15, -0.1) is 0 Å². The molecule has 0 spiro atoms. The van der Waals surface area contributed by atoms with Crippen molar-refractivity contribution < 1.29 is 19.1 Å². The summed E-state index contributed by atoms with van der Waals surface area (Å²) < 4.78 is 9.65. The number of hydrogen-bond donors (Lipinski definition) is 1. The van der Waals surface area contributed by atoms with Crippen molar-refractivity contribution in [2.75, 3.05) is 27.4 Å². The van der Waals surface area contributed by atoms with Gasteiger partial charge in [0.1, 0.15) is 6.61 Å². The largest absolute Gasteiger partial charge is 0.469 e. The lowest BCUT2D eigenvalue weighted by Gasteiger charge is -2.16. The molecule has 3 rings (SSSR count). The van der Waals surface area contributed by atoms with E-state index in [1.165, 1.54) is 14.2 Å². The fourth-order valence-corrected chi connectivity index (χ4v) is 3.32. The Morgan fingerprint density at radius 2 is 2.03 bits per heavy atom. The van der Waals surface area contributed by atoms with Crippen LogP contribution in [0.3, 0.4) is 0 Å². The summed E-state index contributed by atoms with van der Waals surface area (Å²) in [6.45, 7) is 0.101. The zero-order valence-corrected chi connectivity index (χ0v) is 18.1. The SMILES string of the molecule is COCC(=O)NCC1=Nc2ccc(Cl)cc2C(c2ccccn2)=N[C@H]1CCC(=O)OC. The molecule has 1 aromatic heterocycles. The van der Waals surface area contributed by atoms with Crippen LogP contribution >= 0.6 is 11.6 Å². The Bertz CT molecular complexity index is 1010. The maximum absolute atomic E-state index is 11.9. The summed E-state index contributed by atoms with van der Waals surface area (Å²) >= 11 is 6.26. The highest BCUT2D eigenvalue weighted by Crippen LogP contribution is 2.30. The number of aromatic nitrogens is 1. The number of aliphatic imine (C=N–C) groups is 2. The summed E-state index contributed by atoms with van der Waals surface area (Å²) in [7, 11) is 2.79. The average molecular weight is 443 g/mol. The minimum absolute atomic E-state index is 0.0608. The van der Waals surface area contributed by atoms with E-state index in [2.05, 4.69) is 10.3 Å². The molecule has 1 aliphatic heterocycles. The molecule has 1 aliphatic rings. The van der Waals surface area contributed by atoms with Gasteiger partial charge >= 0.3 is 5.97 Å². The van der Waals surface area contributed by atoms with E-state index in [0.717, 1.165) is 5.56 Å². The molecule has 0 aliphatic carbocycles. The number of halogens is 1. The number of methoxy groups -OCH3 is 2. The Balaban J connectivity index is 2.05. The van der Waals surface area contributed by atoms with Gasteiger partial charge in [-0.1, -0.05) is 17.7 Å². The van der Waals surface area contributed by atoms with Crippen molar-refractivity contribution in [1.29, 1.82) is 0 Å². The third-order valence-electron chi connectivity index (χ3n) is 4.65. The molecule has 1 amide bonds. The number of rotatable bonds is 8. The van der Waals surface area contributed by atoms with Gasteiger partial charge in [-0.2, -0.15) is 0 Å². The number of nitrogens with one attached hydrogen (secondary N) is 1. The summed E-state index contributed by atoms with van der Waals surface area (Å²) in [5.74, 6) is -0.617. The van der Waals surface area contributed by atoms with Gasteiger partial charge < -0.3 is 14.8 Å². The van der Waals surface area contributed by atoms with Gasteiger partial charge in [0.2, 0.25) is 5.91 Å². The average Bonchev–Trinajstić information content (AvgIpc) is 2.93. The molecule has 9 heteroatoms. The summed E-state index contributed by atoms with van der Waals surface area (Å²) in [5.41, 5.74) is 3.28. The summed E-state index contributed by atoms with van der Waals surface area (Å²) in [6.07, 6.45) is 2.20. The molecule has 0 saturated carbocycles. The van der Waals surface area contributed by atoms with Crippen molar-refractivity contribution >= 4 is 40.6 Å². The molecule has 1 aromatic carbocycles. The molecule has 2 aromatic rings. The Labute approximate surface area is 185 Å². The molecule has 1 atom stereocenters. The number of nitrogens with zero attached hydrogens (tertiary/aromatic N) is 3. The molecule has 162 valence electrons. The van der Waals surface area contributed by atoms with Crippen LogP contribution in [-0.2, 0) is 19.1 Å². The van der Waals surface area contributed by atoms with Crippen molar-refractivity contribution in [3.05, 3.63) is 58.9 Å². The lowest BCUT2D eigenvalue weighted by Crippen LogP contribution is -2.36. The van der Waals surface area contributed by atoms with Crippen LogP contribution in [0, 0.1) is 0 Å². The van der Waals surface area contributed by atoms with Crippen molar-refractivity contribution in [3.63, 3.8) is 0 Å². The van der Waals surface area contributed by atoms with Gasteiger partial charge in [-0.25, -0.2) is 0 Å². The first-order chi connectivity index (χ1) is 15.0. The van der Waals surface area contributed by atoms with Gasteiger partial charge in [0, 0.05) is 30.3 Å². The quantitative estimate of drug-likeness (QED) is 0.633. The first-order valence-corrected chi connectivity index (χ1v) is 10.1. The van der Waals surface area contributed by atoms with Crippen LogP contribution in [-0.4, -0.2) is 61.7 Å². The van der Waals surface area contributed by atoms with Crippen LogP contribution in [0.1, 0.15) is 24.1 Å². The maximum atomic E-state index is 11.9. The Hall–Kier alpha value is -3.10. The second-order valence-electron chi connectivity index (χ2n) is 6.80. The predicted octanol–water partition coefficient (Wildman–Crippen LogP) is 2.74. The topological polar surface area (TPSA) is 102 Å². The number of esters is 1. The predicted molar refractivity (Wildman–Crippen MR) is 118 cm³/mol. The van der Waals surface area contributed by atoms with E-state index < -0.39 is 6.04 Å². The monoisotopic (exact) mass is 442 g/mol. The highest BCUT2D eigenvalue weighted by molar-refractivity contribution is 6.31. The van der Waals surface area contributed by atoms with Crippen LogP contribution < -0.4 is 5.32 Å². The van der Waals surface area contributed by atoms with Crippen LogP contribution in [0.2, 0.25) is 5.02 Å². The Kier molecular flexibility index (Phi) is 7.86. The van der Waals surface area contributed by atoms with E-state index >= 15 is 0 Å². The molecule has 0 radical (unpaired) electrons. The molecule has 31 heavy (non-hydrogen) atoms. The highest BCUT2D eigenvalue weighted by atomic mass is 35.5. The second kappa shape index (κ2) is 10.8. The fraction of sp³-hybridized carbons (Fsp3) is 0.318. The zero-order chi connectivity index (χ0) is 22.2. The number of amides is 1. The van der Waals surface area contributed by atoms with E-state index in [1.54, 1.807) is 24.4 Å². The molecule has 8 nitrogen and oxygen atoms in total. The van der Waals surface area contributed by atoms with E-state index in [-0.39, 0.29) is 31.4 Å². The first kappa shape index (κ1) is 22.6. The number of fused-ring (bicyclic) bond motifs is 1. The summed E-state index contributed by atoms with van der Waals surface area (Å²) in [6, 6.07) is 10.4. The third kappa shape index (κ3) is 5.96. The van der Waals surface area contributed by atoms with Crippen molar-refractivity contribution in [2.24, 2.45) is 9.98 Å². The zero-order valence-electron chi connectivity index (χ0n) is 17.3. The standard InChI is InChI=1S/C22H23ClN4O4/c1-30-13-20(28)25-12-19-17(8-9-21(29)31-2)27-22(18-5-3-4-10-24-18)15-11-14(23)6-7-16(15)26-19/h3-7,10-11,17H,8-9,12-13H2,1-2H3,(H,25,28)/t17-/m0/s1. The van der Waals surface area contributed by atoms with Crippen LogP contribution in [0.5, 0.6) is 0 Å². The van der Waals surface area contributed by atoms with Crippen molar-refractivity contribution in [2.45, 2.75) is 18.9 Å². The van der Waals surface area contributed by atoms with E-state index in [9.17, 15) is 9.59 Å². The molecular weight excluding hydrogens is 420 g/mol. The van der Waals surface area contributed by atoms with E-state index in [0.29, 0.717) is 34.2 Å². The van der Waals surface area contributed by atoms with Gasteiger partial charge in [0.05, 0.1) is 42.5 Å². The van der Waals surface area contributed by atoms with E-state index in [4.69, 9.17) is 31.1 Å². The minimum Gasteiger partial charge on any atom is -0.469 e. The Morgan fingerprint density at radius 1 is 1.19 bits per heavy atom. The number of benzene rings is 1. The summed E-state index contributed by atoms with van der Waals surface area (Å²) in [4.78, 5) is 37.9. The van der Waals surface area contributed by atoms with Crippen LogP contribution in [0.15, 0.2) is 52.6 Å². The number of carbonyl (C=O) groups is 2. The van der Waals surface area contributed by atoms with Crippen LogP contribution in [0.4, 0.5) is 5.69 Å². The lowest BCUT2D eigenvalue weighted by molar-refractivity contribution is -0.140. The number of hydrogen-bond acceptors (Lipinski definition) is 7. The van der Waals surface area contributed by atoms with Gasteiger partial charge in [0.15, 0.2) is 0 Å². The Morgan fingerprint density at radius 3 is 2.74 bits per heavy atom. The molecular formula is C22H23ClN4O4. The van der Waals surface area contributed by atoms with Gasteiger partial charge in [0.25, 0.3) is 0 Å². The highest BCUT2D eigenvalue weighted by Gasteiger charge is 2.25. The normalized spacial score (nSPS) is 15.3. The first-order valence-electron chi connectivity index (χ1n) is 9.71. The number of carbonyl (C=O) groups excluding carboxylic acids is 2. The summed E-state index contributed by atoms with van der Waals surface area (Å²) in [5, 5.41) is 3.33. The molecule has 0 unspecified atom stereocenters. The maximum Gasteiger partial charge on any atom is 0.305 e. The van der Waals surface area contributed by atoms with Crippen molar-refractivity contribution in [1.82, 2.24) is 10.3 Å². The molecule has 0 bridgehead atoms. The van der Waals surface area contributed by atoms with E-state index in [1.807, 2.05) is 18.2 Å². The minimum atomic E-state index is -0.467. The number of pyridine rings is 1. The number of ether oxygens (including phenoxy) is 2. The smallest absolute Gasteiger partial charge is 0.305 e. The molecule has 0 fully saturated rings. The van der Waals surface area contributed by atoms with Crippen molar-refractivity contribution in [3.8, 4) is 0 Å². The fourth-order valence-electron chi connectivity index (χ4n) is 3.15. The van der Waals surface area contributed by atoms with Gasteiger partial charge in [-0.3, -0.25) is 24.6 Å². The molecule has 2 heterocycles. The van der Waals surface area contributed by atoms with Crippen LogP contribution in [0.25, 0.3) is 0 Å². The molecule has 1 N–H and O–H groups in total. The van der Waals surface area contributed by atoms with Gasteiger partial charge in [-0.05, 0) is 36.8 Å². The lowest BCUT2D eigenvalue weighted by atomic mass is 10.0.